The normalized spacial score (nSPS) is 19.8. The molecule has 2 nitrogen and oxygen atoms in total. The van der Waals surface area contributed by atoms with Gasteiger partial charge in [0, 0.05) is 16.1 Å². The molecule has 0 fully saturated rings. The number of carboxylic acid groups (broad SMARTS) is 1. The van der Waals surface area contributed by atoms with Crippen molar-refractivity contribution in [1.29, 1.82) is 0 Å². The third kappa shape index (κ3) is 5.44. The lowest BCUT2D eigenvalue weighted by molar-refractivity contribution is -0.396. The molecule has 0 aromatic heterocycles. The van der Waals surface area contributed by atoms with Crippen LogP contribution < -0.4 is 5.11 Å². The van der Waals surface area contributed by atoms with Gasteiger partial charge in [-0.3, -0.25) is 0 Å². The Labute approximate surface area is 190 Å². The molecule has 0 aromatic carbocycles. The molecule has 1 aliphatic carbocycles. The van der Waals surface area contributed by atoms with E-state index in [1.165, 1.54) is 0 Å². The first-order valence-electron chi connectivity index (χ1n) is 8.49. The van der Waals surface area contributed by atoms with Crippen LogP contribution in [0.15, 0.2) is 33.0 Å². The van der Waals surface area contributed by atoms with Crippen LogP contribution in [0.3, 0.4) is 0 Å². The second kappa shape index (κ2) is 9.28. The van der Waals surface area contributed by atoms with Crippen molar-refractivity contribution < 1.29 is 67.0 Å². The van der Waals surface area contributed by atoms with E-state index in [1.54, 1.807) is 0 Å². The van der Waals surface area contributed by atoms with Crippen LogP contribution in [-0.2, 0) is 4.79 Å². The Morgan fingerprint density at radius 2 is 1.39 bits per heavy atom. The first kappa shape index (κ1) is 29.5. The molecular formula is C17H11F13IO2-. The summed E-state index contributed by atoms with van der Waals surface area (Å²) in [7, 11) is 0. The number of hydrogen-bond acceptors (Lipinski definition) is 2. The zero-order valence-electron chi connectivity index (χ0n) is 15.7. The average Bonchev–Trinajstić information content (AvgIpc) is 2.59. The zero-order valence-corrected chi connectivity index (χ0v) is 17.8. The summed E-state index contributed by atoms with van der Waals surface area (Å²) in [6.07, 6.45) is -10.2. The number of aliphatic carboxylic acids is 1. The monoisotopic (exact) mass is 621 g/mol. The maximum Gasteiger partial charge on any atom is 0.460 e. The van der Waals surface area contributed by atoms with Gasteiger partial charge in [-0.25, -0.2) is 0 Å². The molecule has 0 unspecified atom stereocenters. The number of alkyl halides is 13. The Hall–Kier alpha value is -1.49. The van der Waals surface area contributed by atoms with Crippen molar-refractivity contribution in [3.63, 3.8) is 0 Å². The van der Waals surface area contributed by atoms with Gasteiger partial charge in [0.25, 0.3) is 0 Å². The fourth-order valence-corrected chi connectivity index (χ4v) is 3.53. The summed E-state index contributed by atoms with van der Waals surface area (Å²) < 4.78 is 168. The standard InChI is InChI=1S/C17H12F13IO2/c18-12(19,15(24,25)16(26,27)17(28,29)30)6-4-2-1-3-5-8-9(31)7-13(20,21)14(22,23)10(8)11(32)33/h1-2,7H,3-6H2,(H,32,33)/p-1. The summed E-state index contributed by atoms with van der Waals surface area (Å²) in [6.45, 7) is 0. The van der Waals surface area contributed by atoms with Gasteiger partial charge in [-0.1, -0.05) is 12.2 Å². The quantitative estimate of drug-likeness (QED) is 0.174. The van der Waals surface area contributed by atoms with E-state index in [2.05, 4.69) is 0 Å². The Kier molecular flexibility index (Phi) is 8.31. The van der Waals surface area contributed by atoms with Crippen LogP contribution >= 0.6 is 22.6 Å². The number of halogens is 14. The fourth-order valence-electron chi connectivity index (χ4n) is 2.60. The van der Waals surface area contributed by atoms with E-state index in [-0.39, 0.29) is 6.08 Å². The van der Waals surface area contributed by atoms with Crippen molar-refractivity contribution in [2.75, 3.05) is 0 Å². The van der Waals surface area contributed by atoms with Crippen molar-refractivity contribution in [3.05, 3.63) is 33.0 Å². The molecule has 190 valence electrons. The third-order valence-electron chi connectivity index (χ3n) is 4.40. The van der Waals surface area contributed by atoms with E-state index in [4.69, 9.17) is 0 Å². The molecule has 0 aliphatic heterocycles. The first-order valence-corrected chi connectivity index (χ1v) is 9.57. The Balaban J connectivity index is 2.90. The Morgan fingerprint density at radius 3 is 1.85 bits per heavy atom. The number of carbonyl (C=O) groups excluding carboxylic acids is 1. The first-order chi connectivity index (χ1) is 14.5. The highest BCUT2D eigenvalue weighted by molar-refractivity contribution is 14.1. The molecule has 33 heavy (non-hydrogen) atoms. The minimum atomic E-state index is -7.03. The lowest BCUT2D eigenvalue weighted by Crippen LogP contribution is -2.60. The Morgan fingerprint density at radius 1 is 0.909 bits per heavy atom. The highest BCUT2D eigenvalue weighted by Gasteiger charge is 2.81. The molecule has 0 bridgehead atoms. The summed E-state index contributed by atoms with van der Waals surface area (Å²) in [6, 6.07) is 0. The lowest BCUT2D eigenvalue weighted by atomic mass is 9.89. The van der Waals surface area contributed by atoms with Crippen LogP contribution in [0, 0.1) is 0 Å². The van der Waals surface area contributed by atoms with Gasteiger partial charge in [0.05, 0.1) is 11.5 Å². The number of carbonyl (C=O) groups is 1. The third-order valence-corrected chi connectivity index (χ3v) is 5.36. The van der Waals surface area contributed by atoms with Gasteiger partial charge in [-0.15, -0.1) is 0 Å². The van der Waals surface area contributed by atoms with Crippen molar-refractivity contribution in [2.45, 2.75) is 61.5 Å². The lowest BCUT2D eigenvalue weighted by Gasteiger charge is -2.33. The molecule has 0 aromatic rings. The second-order valence-corrected chi connectivity index (χ2v) is 7.89. The largest absolute Gasteiger partial charge is 0.545 e. The second-order valence-electron chi connectivity index (χ2n) is 6.73. The molecular weight excluding hydrogens is 610 g/mol. The summed E-state index contributed by atoms with van der Waals surface area (Å²) in [4.78, 5) is 11.0. The molecule has 0 heterocycles. The topological polar surface area (TPSA) is 40.1 Å². The number of rotatable bonds is 9. The van der Waals surface area contributed by atoms with Gasteiger partial charge >= 0.3 is 35.8 Å². The zero-order chi connectivity index (χ0) is 26.3. The van der Waals surface area contributed by atoms with Crippen LogP contribution in [0.25, 0.3) is 0 Å². The van der Waals surface area contributed by atoms with E-state index in [0.29, 0.717) is 6.08 Å². The van der Waals surface area contributed by atoms with Crippen molar-refractivity contribution >= 4 is 28.6 Å². The minimum absolute atomic E-state index is 0.206. The van der Waals surface area contributed by atoms with Gasteiger partial charge < -0.3 is 9.90 Å². The van der Waals surface area contributed by atoms with Crippen molar-refractivity contribution in [1.82, 2.24) is 0 Å². The van der Waals surface area contributed by atoms with E-state index in [9.17, 15) is 67.0 Å². The van der Waals surface area contributed by atoms with Gasteiger partial charge in [-0.2, -0.15) is 57.1 Å². The predicted octanol–water partition coefficient (Wildman–Crippen LogP) is 6.22. The van der Waals surface area contributed by atoms with E-state index >= 15 is 0 Å². The number of hydrogen-bond donors (Lipinski definition) is 0. The van der Waals surface area contributed by atoms with E-state index in [0.717, 1.165) is 28.7 Å². The van der Waals surface area contributed by atoms with Crippen molar-refractivity contribution in [2.24, 2.45) is 0 Å². The SMILES string of the molecule is O=C([O-])C1=C(CCC=CCCC(F)(F)C(F)(F)C(F)(F)C(F)(F)F)C(I)=CC(F)(F)C1(F)F. The molecule has 0 atom stereocenters. The van der Waals surface area contributed by atoms with Crippen LogP contribution in [0.1, 0.15) is 25.7 Å². The molecule has 0 saturated heterocycles. The molecule has 1 rings (SSSR count). The van der Waals surface area contributed by atoms with Crippen LogP contribution in [0.4, 0.5) is 57.1 Å². The smallest absolute Gasteiger partial charge is 0.460 e. The summed E-state index contributed by atoms with van der Waals surface area (Å²) in [5.41, 5.74) is -2.80. The predicted molar refractivity (Wildman–Crippen MR) is 92.5 cm³/mol. The number of allylic oxidation sites excluding steroid dienone is 5. The highest BCUT2D eigenvalue weighted by Crippen LogP contribution is 2.54. The molecule has 0 N–H and O–H groups in total. The maximum absolute atomic E-state index is 13.8. The minimum Gasteiger partial charge on any atom is -0.545 e. The summed E-state index contributed by atoms with van der Waals surface area (Å²) >= 11 is 1.14. The molecule has 0 amide bonds. The maximum atomic E-state index is 13.8. The average molecular weight is 621 g/mol. The molecule has 0 saturated carbocycles. The van der Waals surface area contributed by atoms with E-state index in [1.807, 2.05) is 0 Å². The van der Waals surface area contributed by atoms with E-state index < -0.39 is 82.2 Å². The molecule has 0 spiro atoms. The van der Waals surface area contributed by atoms with Gasteiger partial charge in [-0.05, 0) is 47.4 Å². The van der Waals surface area contributed by atoms with Gasteiger partial charge in [0.15, 0.2) is 0 Å². The van der Waals surface area contributed by atoms with Crippen molar-refractivity contribution in [3.8, 4) is 0 Å². The molecule has 0 radical (unpaired) electrons. The van der Waals surface area contributed by atoms with Gasteiger partial charge in [0.2, 0.25) is 0 Å². The highest BCUT2D eigenvalue weighted by atomic mass is 127. The van der Waals surface area contributed by atoms with Crippen LogP contribution in [0.5, 0.6) is 0 Å². The van der Waals surface area contributed by atoms with Crippen LogP contribution in [0.2, 0.25) is 0 Å². The number of carboxylic acids is 1. The Bertz CT molecular complexity index is 853. The van der Waals surface area contributed by atoms with Crippen LogP contribution in [-0.4, -0.2) is 41.8 Å². The fraction of sp³-hybridized carbons (Fsp3) is 0.588. The molecule has 16 heteroatoms. The molecule has 1 aliphatic rings. The van der Waals surface area contributed by atoms with Gasteiger partial charge in [0.1, 0.15) is 0 Å². The summed E-state index contributed by atoms with van der Waals surface area (Å²) in [5, 5.41) is 11.0. The summed E-state index contributed by atoms with van der Waals surface area (Å²) in [5.74, 6) is -32.2.